The van der Waals surface area contributed by atoms with Gasteiger partial charge in [-0.25, -0.2) is 0 Å². The van der Waals surface area contributed by atoms with Crippen molar-refractivity contribution in [2.24, 2.45) is 0 Å². The summed E-state index contributed by atoms with van der Waals surface area (Å²) in [4.78, 5) is 0. The van der Waals surface area contributed by atoms with Gasteiger partial charge in [-0.1, -0.05) is 79.9 Å². The predicted molar refractivity (Wildman–Crippen MR) is 101 cm³/mol. The molecule has 2 aromatic rings. The van der Waals surface area contributed by atoms with Gasteiger partial charge in [-0.15, -0.1) is 0 Å². The van der Waals surface area contributed by atoms with Crippen LogP contribution >= 0.6 is 0 Å². The lowest BCUT2D eigenvalue weighted by Gasteiger charge is -2.33. The van der Waals surface area contributed by atoms with Crippen LogP contribution in [0.25, 0.3) is 29.0 Å². The van der Waals surface area contributed by atoms with Crippen molar-refractivity contribution in [1.29, 1.82) is 0 Å². The zero-order valence-corrected chi connectivity index (χ0v) is 14.8. The fraction of sp³-hybridized carbons (Fsp3) is 0.238. The molecule has 1 atom stereocenters. The van der Waals surface area contributed by atoms with E-state index in [1.54, 1.807) is 5.56 Å². The number of hydrogen-bond acceptors (Lipinski definition) is 0. The van der Waals surface area contributed by atoms with Crippen molar-refractivity contribution in [2.75, 3.05) is 0 Å². The molecule has 0 saturated carbocycles. The Balaban J connectivity index is 2.14. The highest BCUT2D eigenvalue weighted by Crippen LogP contribution is 2.37. The SMILES string of the molecule is CC1=CC=c2ccc3c4c(ccc3c2C1[Si](C)(C)C)=CC=C4. The molecule has 1 heteroatoms. The average Bonchev–Trinajstić information content (AvgIpc) is 2.93. The van der Waals surface area contributed by atoms with Gasteiger partial charge in [0.15, 0.2) is 0 Å². The Morgan fingerprint density at radius 2 is 1.55 bits per heavy atom. The lowest BCUT2D eigenvalue weighted by Crippen LogP contribution is -2.36. The molecule has 22 heavy (non-hydrogen) atoms. The highest BCUT2D eigenvalue weighted by molar-refractivity contribution is 6.78. The van der Waals surface area contributed by atoms with Crippen LogP contribution in [-0.4, -0.2) is 8.07 Å². The fourth-order valence-corrected chi connectivity index (χ4v) is 6.84. The second-order valence-corrected chi connectivity index (χ2v) is 12.9. The van der Waals surface area contributed by atoms with Gasteiger partial charge in [-0.3, -0.25) is 0 Å². The quantitative estimate of drug-likeness (QED) is 0.687. The highest BCUT2D eigenvalue weighted by atomic mass is 28.3. The molecule has 0 fully saturated rings. The third-order valence-corrected chi connectivity index (χ3v) is 7.50. The molecule has 2 aromatic carbocycles. The Labute approximate surface area is 133 Å². The van der Waals surface area contributed by atoms with Crippen molar-refractivity contribution in [3.8, 4) is 0 Å². The molecule has 2 aliphatic rings. The Kier molecular flexibility index (Phi) is 2.86. The molecule has 2 aliphatic carbocycles. The van der Waals surface area contributed by atoms with Crippen molar-refractivity contribution in [3.05, 3.63) is 63.6 Å². The summed E-state index contributed by atoms with van der Waals surface area (Å²) in [6.45, 7) is 9.78. The van der Waals surface area contributed by atoms with Gasteiger partial charge in [-0.2, -0.15) is 0 Å². The summed E-state index contributed by atoms with van der Waals surface area (Å²) < 4.78 is 0. The Morgan fingerprint density at radius 1 is 0.818 bits per heavy atom. The van der Waals surface area contributed by atoms with E-state index in [0.717, 1.165) is 0 Å². The minimum absolute atomic E-state index is 0.614. The van der Waals surface area contributed by atoms with Crippen LogP contribution < -0.4 is 10.4 Å². The molecule has 0 heterocycles. The maximum atomic E-state index is 2.49. The minimum Gasteiger partial charge on any atom is -0.0688 e. The van der Waals surface area contributed by atoms with Crippen molar-refractivity contribution in [2.45, 2.75) is 32.1 Å². The molecule has 0 aromatic heterocycles. The second kappa shape index (κ2) is 4.56. The Hall–Kier alpha value is -1.86. The number of allylic oxidation sites excluding steroid dienone is 3. The number of rotatable bonds is 1. The predicted octanol–water partition coefficient (Wildman–Crippen LogP) is 4.35. The summed E-state index contributed by atoms with van der Waals surface area (Å²) in [5.41, 5.74) is 5.10. The fourth-order valence-electron chi connectivity index (χ4n) is 4.19. The Bertz CT molecular complexity index is 966. The van der Waals surface area contributed by atoms with Crippen molar-refractivity contribution in [1.82, 2.24) is 0 Å². The number of hydrogen-bond donors (Lipinski definition) is 0. The third kappa shape index (κ3) is 1.89. The standard InChI is InChI=1S/C21H22Si/c1-14-8-9-16-11-12-18-17-7-5-6-15(17)10-13-19(18)20(16)21(14)22(2,3)4/h5-13,21H,1-4H3. The first-order valence-electron chi connectivity index (χ1n) is 8.09. The first kappa shape index (κ1) is 13.8. The van der Waals surface area contributed by atoms with Crippen molar-refractivity contribution >= 4 is 37.1 Å². The van der Waals surface area contributed by atoms with E-state index in [-0.39, 0.29) is 0 Å². The normalized spacial score (nSPS) is 19.3. The van der Waals surface area contributed by atoms with Crippen LogP contribution in [0.15, 0.2) is 42.0 Å². The van der Waals surface area contributed by atoms with E-state index in [0.29, 0.717) is 5.54 Å². The van der Waals surface area contributed by atoms with Crippen LogP contribution in [0.4, 0.5) is 0 Å². The highest BCUT2D eigenvalue weighted by Gasteiger charge is 2.32. The second-order valence-electron chi connectivity index (χ2n) is 7.63. The van der Waals surface area contributed by atoms with Crippen LogP contribution in [-0.2, 0) is 0 Å². The van der Waals surface area contributed by atoms with Crippen molar-refractivity contribution < 1.29 is 0 Å². The maximum absolute atomic E-state index is 2.49. The van der Waals surface area contributed by atoms with Gasteiger partial charge in [-0.05, 0) is 39.3 Å². The van der Waals surface area contributed by atoms with E-state index in [9.17, 15) is 0 Å². The van der Waals surface area contributed by atoms with Gasteiger partial charge in [0.05, 0.1) is 8.07 Å². The van der Waals surface area contributed by atoms with Gasteiger partial charge in [0.25, 0.3) is 0 Å². The number of benzene rings is 2. The van der Waals surface area contributed by atoms with E-state index in [4.69, 9.17) is 0 Å². The summed E-state index contributed by atoms with van der Waals surface area (Å²) in [5, 5.41) is 5.63. The molecule has 0 nitrogen and oxygen atoms in total. The Morgan fingerprint density at radius 3 is 2.32 bits per heavy atom. The molecular formula is C21H22Si. The molecular weight excluding hydrogens is 280 g/mol. The molecule has 4 rings (SSSR count). The molecule has 0 aliphatic heterocycles. The molecule has 0 radical (unpaired) electrons. The summed E-state index contributed by atoms with van der Waals surface area (Å²) >= 11 is 0. The summed E-state index contributed by atoms with van der Waals surface area (Å²) in [5.74, 6) is 0. The lowest BCUT2D eigenvalue weighted by atomic mass is 9.91. The van der Waals surface area contributed by atoms with Gasteiger partial charge in [0.1, 0.15) is 0 Å². The van der Waals surface area contributed by atoms with Gasteiger partial charge < -0.3 is 0 Å². The molecule has 110 valence electrons. The molecule has 0 bridgehead atoms. The lowest BCUT2D eigenvalue weighted by molar-refractivity contribution is 1.03. The average molecular weight is 302 g/mol. The van der Waals surface area contributed by atoms with Crippen LogP contribution in [0.1, 0.15) is 23.6 Å². The van der Waals surface area contributed by atoms with E-state index < -0.39 is 8.07 Å². The van der Waals surface area contributed by atoms with Crippen molar-refractivity contribution in [3.63, 3.8) is 0 Å². The summed E-state index contributed by atoms with van der Waals surface area (Å²) in [6.07, 6.45) is 11.3. The molecule has 0 spiro atoms. The van der Waals surface area contributed by atoms with Gasteiger partial charge in [0.2, 0.25) is 0 Å². The summed E-state index contributed by atoms with van der Waals surface area (Å²) in [6, 6.07) is 9.26. The molecule has 0 amide bonds. The van der Waals surface area contributed by atoms with Crippen LogP contribution in [0, 0.1) is 0 Å². The first-order valence-corrected chi connectivity index (χ1v) is 11.7. The molecule has 0 saturated heterocycles. The largest absolute Gasteiger partial charge is 0.0688 e. The topological polar surface area (TPSA) is 0 Å². The maximum Gasteiger partial charge on any atom is 0.0569 e. The minimum atomic E-state index is -1.33. The smallest absolute Gasteiger partial charge is 0.0569 e. The molecule has 1 unspecified atom stereocenters. The molecule has 0 N–H and O–H groups in total. The van der Waals surface area contributed by atoms with Crippen LogP contribution in [0.5, 0.6) is 0 Å². The monoisotopic (exact) mass is 302 g/mol. The van der Waals surface area contributed by atoms with E-state index in [1.807, 2.05) is 0 Å². The first-order chi connectivity index (χ1) is 10.5. The van der Waals surface area contributed by atoms with E-state index in [1.165, 1.54) is 32.3 Å². The zero-order chi connectivity index (χ0) is 15.5. The van der Waals surface area contributed by atoms with E-state index in [2.05, 4.69) is 81.2 Å². The number of fused-ring (bicyclic) bond motifs is 5. The van der Waals surface area contributed by atoms with Gasteiger partial charge in [0, 0.05) is 5.54 Å². The zero-order valence-electron chi connectivity index (χ0n) is 13.8. The third-order valence-electron chi connectivity index (χ3n) is 5.03. The van der Waals surface area contributed by atoms with Crippen LogP contribution in [0.3, 0.4) is 0 Å². The summed E-state index contributed by atoms with van der Waals surface area (Å²) in [7, 11) is -1.33. The van der Waals surface area contributed by atoms with Crippen LogP contribution in [0.2, 0.25) is 19.6 Å². The van der Waals surface area contributed by atoms with Gasteiger partial charge >= 0.3 is 0 Å². The van der Waals surface area contributed by atoms with E-state index >= 15 is 0 Å².